The summed E-state index contributed by atoms with van der Waals surface area (Å²) >= 11 is 0. The second-order valence-electron chi connectivity index (χ2n) is 4.97. The van der Waals surface area contributed by atoms with Gasteiger partial charge in [-0.3, -0.25) is 0 Å². The third-order valence-corrected chi connectivity index (χ3v) is 5.20. The van der Waals surface area contributed by atoms with Crippen LogP contribution < -0.4 is 15.2 Å². The van der Waals surface area contributed by atoms with Crippen molar-refractivity contribution in [2.24, 2.45) is 5.73 Å². The zero-order chi connectivity index (χ0) is 16.8. The van der Waals surface area contributed by atoms with Crippen LogP contribution in [-0.2, 0) is 10.0 Å². The van der Waals surface area contributed by atoms with Crippen LogP contribution in [0.2, 0.25) is 0 Å². The molecule has 1 aromatic rings. The average Bonchev–Trinajstić information content (AvgIpc) is 2.51. The van der Waals surface area contributed by atoms with Gasteiger partial charge in [-0.25, -0.2) is 21.9 Å². The van der Waals surface area contributed by atoms with Gasteiger partial charge < -0.3 is 10.5 Å². The van der Waals surface area contributed by atoms with Crippen LogP contribution in [0.15, 0.2) is 29.2 Å². The molecule has 0 atom stereocenters. The number of hydrogen-bond acceptors (Lipinski definition) is 4. The monoisotopic (exact) mass is 336 g/mol. The lowest BCUT2D eigenvalue weighted by Gasteiger charge is -2.31. The molecule has 0 aliphatic carbocycles. The van der Waals surface area contributed by atoms with Gasteiger partial charge in [0.25, 0.3) is 6.43 Å². The van der Waals surface area contributed by atoms with Gasteiger partial charge in [-0.05, 0) is 37.1 Å². The first-order valence-corrected chi connectivity index (χ1v) is 8.52. The maximum Gasteiger partial charge on any atom is 0.272 e. The van der Waals surface area contributed by atoms with Crippen LogP contribution >= 0.6 is 0 Å². The lowest BCUT2D eigenvalue weighted by Crippen LogP contribution is -2.52. The molecule has 0 aromatic heterocycles. The van der Waals surface area contributed by atoms with Crippen molar-refractivity contribution in [1.29, 1.82) is 0 Å². The highest BCUT2D eigenvalue weighted by Crippen LogP contribution is 2.21. The first-order valence-electron chi connectivity index (χ1n) is 7.03. The van der Waals surface area contributed by atoms with Crippen LogP contribution in [0.25, 0.3) is 0 Å². The maximum absolute atomic E-state index is 12.4. The Bertz CT molecular complexity index is 550. The molecule has 0 heterocycles. The van der Waals surface area contributed by atoms with Gasteiger partial charge in [-0.15, -0.1) is 0 Å². The fourth-order valence-corrected chi connectivity index (χ4v) is 3.50. The van der Waals surface area contributed by atoms with Gasteiger partial charge in [0.05, 0.1) is 4.90 Å². The van der Waals surface area contributed by atoms with Gasteiger partial charge in [0.2, 0.25) is 10.0 Å². The van der Waals surface area contributed by atoms with Crippen LogP contribution in [0, 0.1) is 0 Å². The highest BCUT2D eigenvalue weighted by molar-refractivity contribution is 7.89. The van der Waals surface area contributed by atoms with E-state index in [1.165, 1.54) is 24.3 Å². The van der Waals surface area contributed by atoms with E-state index in [2.05, 4.69) is 4.72 Å². The van der Waals surface area contributed by atoms with Crippen molar-refractivity contribution in [3.05, 3.63) is 24.3 Å². The number of benzene rings is 1. The van der Waals surface area contributed by atoms with Crippen molar-refractivity contribution >= 4 is 10.0 Å². The molecule has 0 bridgehead atoms. The van der Waals surface area contributed by atoms with E-state index in [1.54, 1.807) is 0 Å². The maximum atomic E-state index is 12.4. The summed E-state index contributed by atoms with van der Waals surface area (Å²) in [5.41, 5.74) is 5.00. The molecule has 0 fully saturated rings. The molecule has 0 saturated carbocycles. The summed E-state index contributed by atoms with van der Waals surface area (Å²) in [5, 5.41) is 0. The van der Waals surface area contributed by atoms with Crippen LogP contribution in [0.1, 0.15) is 26.7 Å². The van der Waals surface area contributed by atoms with Gasteiger partial charge in [0.15, 0.2) is 0 Å². The van der Waals surface area contributed by atoms with E-state index in [4.69, 9.17) is 10.5 Å². The van der Waals surface area contributed by atoms with Crippen molar-refractivity contribution in [1.82, 2.24) is 4.72 Å². The molecule has 126 valence electrons. The molecule has 0 aliphatic rings. The summed E-state index contributed by atoms with van der Waals surface area (Å²) in [6.07, 6.45) is -1.45. The summed E-state index contributed by atoms with van der Waals surface area (Å²) in [4.78, 5) is 0.0385. The minimum atomic E-state index is -3.74. The van der Waals surface area contributed by atoms with Crippen molar-refractivity contribution in [3.8, 4) is 5.75 Å². The third-order valence-electron chi connectivity index (χ3n) is 3.61. The number of halogens is 2. The van der Waals surface area contributed by atoms with Gasteiger partial charge in [-0.1, -0.05) is 13.8 Å². The molecule has 5 nitrogen and oxygen atoms in total. The topological polar surface area (TPSA) is 81.4 Å². The molecule has 3 N–H and O–H groups in total. The Morgan fingerprint density at radius 3 is 2.18 bits per heavy atom. The van der Waals surface area contributed by atoms with Gasteiger partial charge in [0.1, 0.15) is 12.4 Å². The third kappa shape index (κ3) is 4.89. The summed E-state index contributed by atoms with van der Waals surface area (Å²) in [5.74, 6) is 0.190. The molecule has 22 heavy (non-hydrogen) atoms. The van der Waals surface area contributed by atoms with E-state index < -0.39 is 28.6 Å². The minimum absolute atomic E-state index is 0.0385. The number of sulfonamides is 1. The largest absolute Gasteiger partial charge is 0.488 e. The Labute approximate surface area is 129 Å². The Morgan fingerprint density at radius 1 is 1.23 bits per heavy atom. The number of nitrogens with two attached hydrogens (primary N) is 1. The van der Waals surface area contributed by atoms with Crippen LogP contribution in [0.3, 0.4) is 0 Å². The molecular formula is C14H22F2N2O3S. The Hall–Kier alpha value is -1.25. The van der Waals surface area contributed by atoms with E-state index >= 15 is 0 Å². The number of rotatable bonds is 9. The second kappa shape index (κ2) is 7.85. The highest BCUT2D eigenvalue weighted by Gasteiger charge is 2.30. The standard InChI is InChI=1S/C14H22F2N2O3S/c1-3-14(4-2,10-17)18-22(19,20)12-7-5-11(6-8-12)21-9-13(15)16/h5-8,13,18H,3-4,9-10,17H2,1-2H3. The first kappa shape index (κ1) is 18.8. The zero-order valence-corrected chi connectivity index (χ0v) is 13.5. The Kier molecular flexibility index (Phi) is 6.70. The molecule has 1 aromatic carbocycles. The lowest BCUT2D eigenvalue weighted by molar-refractivity contribution is 0.0819. The van der Waals surface area contributed by atoms with E-state index in [-0.39, 0.29) is 17.2 Å². The quantitative estimate of drug-likeness (QED) is 0.724. The van der Waals surface area contributed by atoms with Gasteiger partial charge in [0, 0.05) is 12.1 Å². The van der Waals surface area contributed by atoms with Gasteiger partial charge in [-0.2, -0.15) is 0 Å². The van der Waals surface area contributed by atoms with Crippen LogP contribution in [0.4, 0.5) is 8.78 Å². The summed E-state index contributed by atoms with van der Waals surface area (Å²) in [6, 6.07) is 5.32. The fourth-order valence-electron chi connectivity index (χ4n) is 1.94. The lowest BCUT2D eigenvalue weighted by atomic mass is 9.95. The first-order chi connectivity index (χ1) is 10.3. The normalized spacial score (nSPS) is 12.6. The second-order valence-corrected chi connectivity index (χ2v) is 6.65. The number of nitrogens with one attached hydrogen (secondary N) is 1. The zero-order valence-electron chi connectivity index (χ0n) is 12.7. The highest BCUT2D eigenvalue weighted by atomic mass is 32.2. The SMILES string of the molecule is CCC(CC)(CN)NS(=O)(=O)c1ccc(OCC(F)F)cc1. The van der Waals surface area contributed by atoms with Crippen molar-refractivity contribution in [2.45, 2.75) is 43.5 Å². The molecule has 0 amide bonds. The van der Waals surface area contributed by atoms with Crippen LogP contribution in [0.5, 0.6) is 5.75 Å². The summed E-state index contributed by atoms with van der Waals surface area (Å²) < 4.78 is 56.3. The smallest absolute Gasteiger partial charge is 0.272 e. The molecule has 0 radical (unpaired) electrons. The van der Waals surface area contributed by atoms with Crippen LogP contribution in [-0.4, -0.2) is 33.5 Å². The number of hydrogen-bond donors (Lipinski definition) is 2. The molecule has 0 aliphatic heterocycles. The fraction of sp³-hybridized carbons (Fsp3) is 0.571. The number of ether oxygens (including phenoxy) is 1. The molecule has 0 unspecified atom stereocenters. The molecule has 0 saturated heterocycles. The van der Waals surface area contributed by atoms with E-state index in [0.29, 0.717) is 12.8 Å². The molecule has 0 spiro atoms. The minimum Gasteiger partial charge on any atom is -0.488 e. The Balaban J connectivity index is 2.89. The van der Waals surface area contributed by atoms with E-state index in [0.717, 1.165) is 0 Å². The predicted molar refractivity (Wildman–Crippen MR) is 80.6 cm³/mol. The van der Waals surface area contributed by atoms with E-state index in [9.17, 15) is 17.2 Å². The predicted octanol–water partition coefficient (Wildman–Crippen LogP) is 2.13. The molecule has 1 rings (SSSR count). The van der Waals surface area contributed by atoms with Gasteiger partial charge >= 0.3 is 0 Å². The molecular weight excluding hydrogens is 314 g/mol. The van der Waals surface area contributed by atoms with E-state index in [1.807, 2.05) is 13.8 Å². The summed E-state index contributed by atoms with van der Waals surface area (Å²) in [7, 11) is -3.74. The molecule has 8 heteroatoms. The number of alkyl halides is 2. The van der Waals surface area contributed by atoms with Crippen molar-refractivity contribution < 1.29 is 21.9 Å². The van der Waals surface area contributed by atoms with Crippen molar-refractivity contribution in [2.75, 3.05) is 13.2 Å². The Morgan fingerprint density at radius 2 is 1.77 bits per heavy atom. The average molecular weight is 336 g/mol. The van der Waals surface area contributed by atoms with Crippen molar-refractivity contribution in [3.63, 3.8) is 0 Å². The summed E-state index contributed by atoms with van der Waals surface area (Å²) in [6.45, 7) is 3.18.